The molecule has 2 unspecified atom stereocenters. The van der Waals surface area contributed by atoms with Gasteiger partial charge in [0, 0.05) is 24.3 Å². The van der Waals surface area contributed by atoms with Crippen LogP contribution in [0, 0.1) is 0 Å². The first kappa shape index (κ1) is 11.5. The lowest BCUT2D eigenvalue weighted by molar-refractivity contribution is 0.697. The summed E-state index contributed by atoms with van der Waals surface area (Å²) in [7, 11) is 0. The summed E-state index contributed by atoms with van der Waals surface area (Å²) in [6.07, 6.45) is 3.63. The molecule has 0 aromatic heterocycles. The van der Waals surface area contributed by atoms with Crippen molar-refractivity contribution < 1.29 is 0 Å². The molecule has 2 atom stereocenters. The van der Waals surface area contributed by atoms with Crippen LogP contribution in [-0.2, 0) is 0 Å². The van der Waals surface area contributed by atoms with Crippen molar-refractivity contribution in [3.05, 3.63) is 29.8 Å². The predicted molar refractivity (Wildman–Crippen MR) is 69.7 cm³/mol. The van der Waals surface area contributed by atoms with E-state index in [1.54, 1.807) is 0 Å². The van der Waals surface area contributed by atoms with E-state index >= 15 is 0 Å². The molecule has 0 bridgehead atoms. The van der Waals surface area contributed by atoms with Crippen molar-refractivity contribution in [1.82, 2.24) is 0 Å². The Labute approximate surface area is 98.4 Å². The number of benzene rings is 1. The molecule has 2 nitrogen and oxygen atoms in total. The molecule has 0 saturated carbocycles. The van der Waals surface area contributed by atoms with E-state index in [1.165, 1.54) is 30.6 Å². The first-order chi connectivity index (χ1) is 7.72. The predicted octanol–water partition coefficient (Wildman–Crippen LogP) is 3.09. The number of anilines is 1. The van der Waals surface area contributed by atoms with E-state index < -0.39 is 0 Å². The smallest absolute Gasteiger partial charge is 0.0368 e. The van der Waals surface area contributed by atoms with E-state index in [0.717, 1.165) is 6.42 Å². The Kier molecular flexibility index (Phi) is 3.49. The number of hydrogen-bond donors (Lipinski definition) is 1. The fourth-order valence-corrected chi connectivity index (χ4v) is 2.47. The average Bonchev–Trinajstić information content (AvgIpc) is 2.75. The van der Waals surface area contributed by atoms with Gasteiger partial charge in [-0.2, -0.15) is 0 Å². The first-order valence-electron chi connectivity index (χ1n) is 6.34. The second kappa shape index (κ2) is 4.88. The second-order valence-electron chi connectivity index (χ2n) is 4.79. The van der Waals surface area contributed by atoms with E-state index in [2.05, 4.69) is 43.0 Å². The van der Waals surface area contributed by atoms with Crippen molar-refractivity contribution in [3.8, 4) is 0 Å². The Balaban J connectivity index is 2.12. The van der Waals surface area contributed by atoms with Gasteiger partial charge in [-0.05, 0) is 43.9 Å². The summed E-state index contributed by atoms with van der Waals surface area (Å²) in [6, 6.07) is 9.65. The van der Waals surface area contributed by atoms with Crippen LogP contribution in [-0.4, -0.2) is 12.6 Å². The third-order valence-electron chi connectivity index (χ3n) is 3.65. The van der Waals surface area contributed by atoms with Crippen molar-refractivity contribution in [2.24, 2.45) is 5.73 Å². The summed E-state index contributed by atoms with van der Waals surface area (Å²) in [5.74, 6) is 0. The topological polar surface area (TPSA) is 29.3 Å². The van der Waals surface area contributed by atoms with Gasteiger partial charge in [-0.3, -0.25) is 0 Å². The van der Waals surface area contributed by atoms with Crippen molar-refractivity contribution >= 4 is 5.69 Å². The molecule has 2 heteroatoms. The van der Waals surface area contributed by atoms with Gasteiger partial charge >= 0.3 is 0 Å². The van der Waals surface area contributed by atoms with E-state index in [1.807, 2.05) is 0 Å². The molecule has 1 heterocycles. The van der Waals surface area contributed by atoms with Crippen molar-refractivity contribution in [3.63, 3.8) is 0 Å². The van der Waals surface area contributed by atoms with Crippen LogP contribution < -0.4 is 10.6 Å². The van der Waals surface area contributed by atoms with Gasteiger partial charge in [0.1, 0.15) is 0 Å². The molecule has 0 spiro atoms. The molecule has 1 aliphatic heterocycles. The lowest BCUT2D eigenvalue weighted by Gasteiger charge is -2.24. The zero-order valence-corrected chi connectivity index (χ0v) is 10.3. The van der Waals surface area contributed by atoms with Gasteiger partial charge in [-0.1, -0.05) is 19.1 Å². The highest BCUT2D eigenvalue weighted by molar-refractivity contribution is 5.49. The summed E-state index contributed by atoms with van der Waals surface area (Å²) in [6.45, 7) is 5.63. The highest BCUT2D eigenvalue weighted by Crippen LogP contribution is 2.26. The van der Waals surface area contributed by atoms with Crippen LogP contribution in [0.2, 0.25) is 0 Å². The number of nitrogens with zero attached hydrogens (tertiary/aromatic N) is 1. The standard InChI is InChI=1S/C14H22N2/c1-3-14(15)12-6-8-13(9-7-12)16-10-4-5-11(16)2/h6-9,11,14H,3-5,10,15H2,1-2H3. The van der Waals surface area contributed by atoms with E-state index in [9.17, 15) is 0 Å². The zero-order valence-electron chi connectivity index (χ0n) is 10.3. The SMILES string of the molecule is CCC(N)c1ccc(N2CCCC2C)cc1. The summed E-state index contributed by atoms with van der Waals surface area (Å²) < 4.78 is 0. The Bertz CT molecular complexity index is 331. The molecule has 2 N–H and O–H groups in total. The third kappa shape index (κ3) is 2.22. The highest BCUT2D eigenvalue weighted by Gasteiger charge is 2.20. The molecule has 1 fully saturated rings. The maximum absolute atomic E-state index is 6.01. The van der Waals surface area contributed by atoms with E-state index in [0.29, 0.717) is 6.04 Å². The molecule has 1 aromatic rings. The molecule has 1 aromatic carbocycles. The quantitative estimate of drug-likeness (QED) is 0.844. The van der Waals surface area contributed by atoms with Gasteiger partial charge in [0.15, 0.2) is 0 Å². The lowest BCUT2D eigenvalue weighted by Crippen LogP contribution is -2.26. The molecule has 16 heavy (non-hydrogen) atoms. The van der Waals surface area contributed by atoms with Crippen LogP contribution in [0.1, 0.15) is 44.7 Å². The van der Waals surface area contributed by atoms with Gasteiger partial charge < -0.3 is 10.6 Å². The Morgan fingerprint density at radius 1 is 1.38 bits per heavy atom. The highest BCUT2D eigenvalue weighted by atomic mass is 15.2. The summed E-state index contributed by atoms with van der Waals surface area (Å²) in [5.41, 5.74) is 8.60. The van der Waals surface area contributed by atoms with Gasteiger partial charge in [0.25, 0.3) is 0 Å². The van der Waals surface area contributed by atoms with Crippen LogP contribution in [0.3, 0.4) is 0 Å². The van der Waals surface area contributed by atoms with Gasteiger partial charge in [-0.15, -0.1) is 0 Å². The summed E-state index contributed by atoms with van der Waals surface area (Å²) in [5, 5.41) is 0. The van der Waals surface area contributed by atoms with Crippen LogP contribution in [0.25, 0.3) is 0 Å². The first-order valence-corrected chi connectivity index (χ1v) is 6.34. The fourth-order valence-electron chi connectivity index (χ4n) is 2.47. The normalized spacial score (nSPS) is 22.4. The second-order valence-corrected chi connectivity index (χ2v) is 4.79. The fraction of sp³-hybridized carbons (Fsp3) is 0.571. The van der Waals surface area contributed by atoms with Crippen molar-refractivity contribution in [1.29, 1.82) is 0 Å². The van der Waals surface area contributed by atoms with Gasteiger partial charge in [0.2, 0.25) is 0 Å². The largest absolute Gasteiger partial charge is 0.369 e. The number of hydrogen-bond acceptors (Lipinski definition) is 2. The number of nitrogens with two attached hydrogens (primary N) is 1. The summed E-state index contributed by atoms with van der Waals surface area (Å²) in [4.78, 5) is 2.49. The molecular formula is C14H22N2. The minimum absolute atomic E-state index is 0.185. The molecule has 1 saturated heterocycles. The van der Waals surface area contributed by atoms with Crippen LogP contribution in [0.15, 0.2) is 24.3 Å². The van der Waals surface area contributed by atoms with Gasteiger partial charge in [-0.25, -0.2) is 0 Å². The molecule has 88 valence electrons. The molecule has 0 radical (unpaired) electrons. The Hall–Kier alpha value is -1.02. The minimum Gasteiger partial charge on any atom is -0.369 e. The van der Waals surface area contributed by atoms with Crippen molar-refractivity contribution in [2.75, 3.05) is 11.4 Å². The van der Waals surface area contributed by atoms with Crippen molar-refractivity contribution in [2.45, 2.75) is 45.2 Å². The molecule has 0 amide bonds. The average molecular weight is 218 g/mol. The molecule has 0 aliphatic carbocycles. The third-order valence-corrected chi connectivity index (χ3v) is 3.65. The van der Waals surface area contributed by atoms with Crippen LogP contribution in [0.5, 0.6) is 0 Å². The van der Waals surface area contributed by atoms with E-state index in [4.69, 9.17) is 5.73 Å². The minimum atomic E-state index is 0.185. The zero-order chi connectivity index (χ0) is 11.5. The lowest BCUT2D eigenvalue weighted by atomic mass is 10.0. The Morgan fingerprint density at radius 3 is 2.56 bits per heavy atom. The molecule has 2 rings (SSSR count). The van der Waals surface area contributed by atoms with E-state index in [-0.39, 0.29) is 6.04 Å². The Morgan fingerprint density at radius 2 is 2.06 bits per heavy atom. The molecular weight excluding hydrogens is 196 g/mol. The maximum Gasteiger partial charge on any atom is 0.0368 e. The molecule has 1 aliphatic rings. The maximum atomic E-state index is 6.01. The monoisotopic (exact) mass is 218 g/mol. The van der Waals surface area contributed by atoms with Gasteiger partial charge in [0.05, 0.1) is 0 Å². The van der Waals surface area contributed by atoms with Crippen LogP contribution in [0.4, 0.5) is 5.69 Å². The number of rotatable bonds is 3. The van der Waals surface area contributed by atoms with Crippen LogP contribution >= 0.6 is 0 Å². The summed E-state index contributed by atoms with van der Waals surface area (Å²) >= 11 is 0.